The fourth-order valence-corrected chi connectivity index (χ4v) is 1.18. The first-order chi connectivity index (χ1) is 5.86. The molecule has 0 aliphatic carbocycles. The van der Waals surface area contributed by atoms with Crippen LogP contribution in [0.5, 0.6) is 0 Å². The van der Waals surface area contributed by atoms with Crippen LogP contribution in [0, 0.1) is 0 Å². The molecule has 12 heavy (non-hydrogen) atoms. The van der Waals surface area contributed by atoms with Crippen LogP contribution in [0.3, 0.4) is 0 Å². The van der Waals surface area contributed by atoms with E-state index in [1.807, 2.05) is 37.3 Å². The first kappa shape index (κ1) is 7.22. The Labute approximate surface area is 71.7 Å². The van der Waals surface area contributed by atoms with Gasteiger partial charge in [-0.3, -0.25) is 4.99 Å². The second-order valence-electron chi connectivity index (χ2n) is 2.85. The van der Waals surface area contributed by atoms with Gasteiger partial charge in [0, 0.05) is 11.3 Å². The van der Waals surface area contributed by atoms with Gasteiger partial charge in [0.2, 0.25) is 0 Å². The number of nitrogens with zero attached hydrogens (tertiary/aromatic N) is 2. The zero-order valence-corrected chi connectivity index (χ0v) is 6.99. The molecule has 2 rings (SSSR count). The van der Waals surface area contributed by atoms with Crippen molar-refractivity contribution < 1.29 is 0 Å². The highest BCUT2D eigenvalue weighted by molar-refractivity contribution is 6.10. The summed E-state index contributed by atoms with van der Waals surface area (Å²) in [6, 6.07) is 10.1. The van der Waals surface area contributed by atoms with Crippen LogP contribution in [0.4, 0.5) is 0 Å². The van der Waals surface area contributed by atoms with E-state index in [0.29, 0.717) is 0 Å². The quantitative estimate of drug-likeness (QED) is 0.596. The minimum atomic E-state index is 0.754. The van der Waals surface area contributed by atoms with E-state index in [2.05, 4.69) is 9.98 Å². The van der Waals surface area contributed by atoms with Crippen molar-refractivity contribution >= 4 is 11.5 Å². The second-order valence-corrected chi connectivity index (χ2v) is 2.85. The summed E-state index contributed by atoms with van der Waals surface area (Å²) < 4.78 is 0. The molecule has 0 fully saturated rings. The van der Waals surface area contributed by atoms with Crippen molar-refractivity contribution in [3.05, 3.63) is 35.9 Å². The number of benzene rings is 1. The minimum absolute atomic E-state index is 0.754. The standard InChI is InChI=1S/C10H10N2/c1-8-7-11-10(12-8)9-5-3-2-4-6-9/h2-6H,7H2,1H3. The molecule has 1 aromatic carbocycles. The van der Waals surface area contributed by atoms with Gasteiger partial charge in [-0.15, -0.1) is 0 Å². The fraction of sp³-hybridized carbons (Fsp3) is 0.200. The van der Waals surface area contributed by atoms with Crippen molar-refractivity contribution in [2.75, 3.05) is 6.54 Å². The number of aliphatic imine (C=N–C) groups is 2. The van der Waals surface area contributed by atoms with Crippen molar-refractivity contribution in [1.82, 2.24) is 0 Å². The number of hydrogen-bond donors (Lipinski definition) is 0. The molecule has 0 saturated heterocycles. The molecule has 2 heteroatoms. The molecule has 0 unspecified atom stereocenters. The largest absolute Gasteiger partial charge is 0.260 e. The zero-order chi connectivity index (χ0) is 8.39. The zero-order valence-electron chi connectivity index (χ0n) is 6.99. The van der Waals surface area contributed by atoms with Crippen LogP contribution in [-0.4, -0.2) is 18.1 Å². The van der Waals surface area contributed by atoms with Crippen LogP contribution in [0.25, 0.3) is 0 Å². The van der Waals surface area contributed by atoms with Crippen LogP contribution in [0.2, 0.25) is 0 Å². The fourth-order valence-electron chi connectivity index (χ4n) is 1.18. The molecule has 0 atom stereocenters. The lowest BCUT2D eigenvalue weighted by molar-refractivity contribution is 1.33. The van der Waals surface area contributed by atoms with Crippen molar-refractivity contribution in [3.8, 4) is 0 Å². The van der Waals surface area contributed by atoms with E-state index in [-0.39, 0.29) is 0 Å². The van der Waals surface area contributed by atoms with Crippen LogP contribution < -0.4 is 0 Å². The minimum Gasteiger partial charge on any atom is -0.260 e. The van der Waals surface area contributed by atoms with E-state index in [4.69, 9.17) is 0 Å². The summed E-state index contributed by atoms with van der Waals surface area (Å²) >= 11 is 0. The molecule has 0 bridgehead atoms. The summed E-state index contributed by atoms with van der Waals surface area (Å²) in [6.45, 7) is 2.75. The molecule has 60 valence electrons. The van der Waals surface area contributed by atoms with Crippen molar-refractivity contribution in [2.24, 2.45) is 9.98 Å². The average Bonchev–Trinajstić information content (AvgIpc) is 2.54. The van der Waals surface area contributed by atoms with Gasteiger partial charge in [-0.25, -0.2) is 4.99 Å². The second kappa shape index (κ2) is 2.89. The Kier molecular flexibility index (Phi) is 1.74. The topological polar surface area (TPSA) is 24.7 Å². The van der Waals surface area contributed by atoms with Gasteiger partial charge in [0.25, 0.3) is 0 Å². The molecule has 1 aliphatic rings. The van der Waals surface area contributed by atoms with E-state index in [9.17, 15) is 0 Å². The Morgan fingerprint density at radius 2 is 1.92 bits per heavy atom. The average molecular weight is 158 g/mol. The van der Waals surface area contributed by atoms with Crippen molar-refractivity contribution in [1.29, 1.82) is 0 Å². The predicted molar refractivity (Wildman–Crippen MR) is 51.0 cm³/mol. The van der Waals surface area contributed by atoms with Gasteiger partial charge in [0.05, 0.1) is 6.54 Å². The Morgan fingerprint density at radius 1 is 1.17 bits per heavy atom. The van der Waals surface area contributed by atoms with Gasteiger partial charge < -0.3 is 0 Å². The summed E-state index contributed by atoms with van der Waals surface area (Å²) in [4.78, 5) is 8.63. The smallest absolute Gasteiger partial charge is 0.154 e. The molecule has 0 N–H and O–H groups in total. The lowest BCUT2D eigenvalue weighted by Gasteiger charge is -1.94. The van der Waals surface area contributed by atoms with Crippen molar-refractivity contribution in [3.63, 3.8) is 0 Å². The van der Waals surface area contributed by atoms with Gasteiger partial charge in [-0.1, -0.05) is 30.3 Å². The van der Waals surface area contributed by atoms with Crippen LogP contribution in [-0.2, 0) is 0 Å². The first-order valence-electron chi connectivity index (χ1n) is 4.00. The maximum Gasteiger partial charge on any atom is 0.154 e. The molecular formula is C10H10N2. The molecule has 0 spiro atoms. The summed E-state index contributed by atoms with van der Waals surface area (Å²) in [5.41, 5.74) is 2.20. The molecule has 1 aromatic rings. The molecule has 1 heterocycles. The monoisotopic (exact) mass is 158 g/mol. The maximum absolute atomic E-state index is 4.33. The lowest BCUT2D eigenvalue weighted by atomic mass is 10.2. The number of hydrogen-bond acceptors (Lipinski definition) is 2. The summed E-state index contributed by atoms with van der Waals surface area (Å²) in [6.07, 6.45) is 0. The van der Waals surface area contributed by atoms with Crippen LogP contribution in [0.15, 0.2) is 40.3 Å². The van der Waals surface area contributed by atoms with Crippen molar-refractivity contribution in [2.45, 2.75) is 6.92 Å². The highest BCUT2D eigenvalue weighted by atomic mass is 15.0. The highest BCUT2D eigenvalue weighted by Crippen LogP contribution is 2.06. The van der Waals surface area contributed by atoms with Gasteiger partial charge in [0.1, 0.15) is 0 Å². The lowest BCUT2D eigenvalue weighted by Crippen LogP contribution is -1.92. The van der Waals surface area contributed by atoms with Crippen LogP contribution in [0.1, 0.15) is 12.5 Å². The summed E-state index contributed by atoms with van der Waals surface area (Å²) in [7, 11) is 0. The van der Waals surface area contributed by atoms with E-state index < -0.39 is 0 Å². The third-order valence-corrected chi connectivity index (χ3v) is 1.79. The first-order valence-corrected chi connectivity index (χ1v) is 4.00. The Bertz CT molecular complexity index is 336. The SMILES string of the molecule is CC1=NC(c2ccccc2)=NC1. The van der Waals surface area contributed by atoms with Gasteiger partial charge in [-0.2, -0.15) is 0 Å². The van der Waals surface area contributed by atoms with Gasteiger partial charge >= 0.3 is 0 Å². The highest BCUT2D eigenvalue weighted by Gasteiger charge is 2.06. The Balaban J connectivity index is 2.34. The van der Waals surface area contributed by atoms with E-state index in [1.54, 1.807) is 0 Å². The molecule has 0 aromatic heterocycles. The normalized spacial score (nSPS) is 15.8. The molecule has 0 saturated carbocycles. The molecule has 0 radical (unpaired) electrons. The molecule has 2 nitrogen and oxygen atoms in total. The summed E-state index contributed by atoms with van der Waals surface area (Å²) in [5.74, 6) is 0.869. The van der Waals surface area contributed by atoms with Gasteiger partial charge in [0.15, 0.2) is 5.84 Å². The third kappa shape index (κ3) is 1.28. The van der Waals surface area contributed by atoms with Gasteiger partial charge in [-0.05, 0) is 6.92 Å². The van der Waals surface area contributed by atoms with E-state index in [0.717, 1.165) is 23.7 Å². The number of rotatable bonds is 1. The third-order valence-electron chi connectivity index (χ3n) is 1.79. The maximum atomic E-state index is 4.33. The predicted octanol–water partition coefficient (Wildman–Crippen LogP) is 1.91. The summed E-state index contributed by atoms with van der Waals surface area (Å²) in [5, 5.41) is 0. The van der Waals surface area contributed by atoms with Crippen LogP contribution >= 0.6 is 0 Å². The number of amidine groups is 1. The Morgan fingerprint density at radius 3 is 2.50 bits per heavy atom. The molecule has 0 amide bonds. The van der Waals surface area contributed by atoms with E-state index in [1.165, 1.54) is 0 Å². The van der Waals surface area contributed by atoms with E-state index >= 15 is 0 Å². The Hall–Kier alpha value is -1.44. The molecular weight excluding hydrogens is 148 g/mol. The molecule has 1 aliphatic heterocycles.